The smallest absolute Gasteiger partial charge is 0.213 e. The van der Waals surface area contributed by atoms with Crippen LogP contribution in [-0.4, -0.2) is 24.0 Å². The molecule has 5 nitrogen and oxygen atoms in total. The van der Waals surface area contributed by atoms with Crippen LogP contribution in [0.5, 0.6) is 0 Å². The molecule has 1 heterocycles. The summed E-state index contributed by atoms with van der Waals surface area (Å²) < 4.78 is 5.82. The molecule has 2 fully saturated rings. The number of rotatable bonds is 4. The van der Waals surface area contributed by atoms with Crippen LogP contribution in [0.2, 0.25) is 0 Å². The quantitative estimate of drug-likeness (QED) is 0.653. The van der Waals surface area contributed by atoms with Crippen LogP contribution in [0, 0.1) is 11.8 Å². The third-order valence-corrected chi connectivity index (χ3v) is 5.34. The molecule has 1 aromatic rings. The SMILES string of the molecule is CN=C(NCc1ncc(C(C)(C)C)o1)NC1CC1C1CCCCC1. The summed E-state index contributed by atoms with van der Waals surface area (Å²) in [5.41, 5.74) is -0.00753. The van der Waals surface area contributed by atoms with Gasteiger partial charge in [0.2, 0.25) is 5.89 Å². The topological polar surface area (TPSA) is 62.5 Å². The molecule has 1 aromatic heterocycles. The summed E-state index contributed by atoms with van der Waals surface area (Å²) in [6.07, 6.45) is 10.2. The molecule has 2 atom stereocenters. The van der Waals surface area contributed by atoms with Gasteiger partial charge in [0.15, 0.2) is 5.96 Å². The third kappa shape index (κ3) is 4.31. The van der Waals surface area contributed by atoms with Crippen molar-refractivity contribution in [2.75, 3.05) is 7.05 Å². The minimum atomic E-state index is -0.00753. The van der Waals surface area contributed by atoms with E-state index in [1.165, 1.54) is 38.5 Å². The summed E-state index contributed by atoms with van der Waals surface area (Å²) in [4.78, 5) is 8.70. The van der Waals surface area contributed by atoms with E-state index in [4.69, 9.17) is 4.42 Å². The third-order valence-electron chi connectivity index (χ3n) is 5.34. The molecule has 5 heteroatoms. The van der Waals surface area contributed by atoms with E-state index in [2.05, 4.69) is 41.4 Å². The Hall–Kier alpha value is -1.52. The Bertz CT molecular complexity index is 566. The van der Waals surface area contributed by atoms with Gasteiger partial charge in [-0.25, -0.2) is 4.98 Å². The number of hydrogen-bond acceptors (Lipinski definition) is 3. The molecule has 2 unspecified atom stereocenters. The van der Waals surface area contributed by atoms with E-state index >= 15 is 0 Å². The van der Waals surface area contributed by atoms with Crippen LogP contribution >= 0.6 is 0 Å². The maximum Gasteiger partial charge on any atom is 0.213 e. The summed E-state index contributed by atoms with van der Waals surface area (Å²) in [7, 11) is 1.82. The van der Waals surface area contributed by atoms with E-state index in [1.807, 2.05) is 13.2 Å². The molecule has 0 saturated heterocycles. The van der Waals surface area contributed by atoms with Gasteiger partial charge in [0.25, 0.3) is 0 Å². The van der Waals surface area contributed by atoms with Crippen LogP contribution in [0.4, 0.5) is 0 Å². The van der Waals surface area contributed by atoms with Gasteiger partial charge in [0.1, 0.15) is 5.76 Å². The molecular formula is C19H32N4O. The molecule has 3 rings (SSSR count). The summed E-state index contributed by atoms with van der Waals surface area (Å²) in [6, 6.07) is 0.592. The van der Waals surface area contributed by atoms with E-state index in [-0.39, 0.29) is 5.41 Å². The fourth-order valence-electron chi connectivity index (χ4n) is 3.73. The highest BCUT2D eigenvalue weighted by Gasteiger charge is 2.43. The van der Waals surface area contributed by atoms with Gasteiger partial charge in [0, 0.05) is 18.5 Å². The summed E-state index contributed by atoms with van der Waals surface area (Å²) in [5.74, 6) is 4.26. The lowest BCUT2D eigenvalue weighted by atomic mass is 9.85. The Labute approximate surface area is 145 Å². The highest BCUT2D eigenvalue weighted by atomic mass is 16.4. The highest BCUT2D eigenvalue weighted by Crippen LogP contribution is 2.44. The number of hydrogen-bond donors (Lipinski definition) is 2. The standard InChI is InChI=1S/C19H32N4O/c1-19(2,3)16-11-21-17(24-16)12-22-18(20-4)23-15-10-14(15)13-8-6-5-7-9-13/h11,13-15H,5-10,12H2,1-4H3,(H2,20,22,23). The zero-order valence-electron chi connectivity index (χ0n) is 15.6. The van der Waals surface area contributed by atoms with Gasteiger partial charge in [0.05, 0.1) is 12.7 Å². The number of guanidine groups is 1. The first-order valence-corrected chi connectivity index (χ1v) is 9.39. The van der Waals surface area contributed by atoms with Crippen molar-refractivity contribution in [3.8, 4) is 0 Å². The Morgan fingerprint density at radius 2 is 2.04 bits per heavy atom. The maximum atomic E-state index is 5.82. The minimum absolute atomic E-state index is 0.00753. The van der Waals surface area contributed by atoms with Crippen molar-refractivity contribution in [3.63, 3.8) is 0 Å². The Morgan fingerprint density at radius 3 is 2.67 bits per heavy atom. The zero-order chi connectivity index (χ0) is 17.2. The van der Waals surface area contributed by atoms with Crippen LogP contribution in [0.25, 0.3) is 0 Å². The van der Waals surface area contributed by atoms with Crippen LogP contribution in [0.3, 0.4) is 0 Å². The molecule has 0 spiro atoms. The van der Waals surface area contributed by atoms with Crippen molar-refractivity contribution >= 4 is 5.96 Å². The van der Waals surface area contributed by atoms with E-state index in [0.29, 0.717) is 18.5 Å². The van der Waals surface area contributed by atoms with Crippen LogP contribution in [0.1, 0.15) is 70.9 Å². The van der Waals surface area contributed by atoms with Gasteiger partial charge in [-0.2, -0.15) is 0 Å². The average molecular weight is 332 g/mol. The van der Waals surface area contributed by atoms with Gasteiger partial charge < -0.3 is 15.1 Å². The molecule has 134 valence electrons. The lowest BCUT2D eigenvalue weighted by molar-refractivity contribution is 0.315. The van der Waals surface area contributed by atoms with Crippen molar-refractivity contribution in [1.82, 2.24) is 15.6 Å². The van der Waals surface area contributed by atoms with Gasteiger partial charge in [-0.15, -0.1) is 0 Å². The van der Waals surface area contributed by atoms with Gasteiger partial charge >= 0.3 is 0 Å². The zero-order valence-corrected chi connectivity index (χ0v) is 15.6. The predicted octanol–water partition coefficient (Wildman–Crippen LogP) is 3.61. The second-order valence-corrected chi connectivity index (χ2v) is 8.34. The van der Waals surface area contributed by atoms with Crippen LogP contribution < -0.4 is 10.6 Å². The molecule has 2 saturated carbocycles. The van der Waals surface area contributed by atoms with Crippen molar-refractivity contribution in [1.29, 1.82) is 0 Å². The average Bonchev–Trinajstić information content (AvgIpc) is 3.15. The number of nitrogens with zero attached hydrogens (tertiary/aromatic N) is 2. The Morgan fingerprint density at radius 1 is 1.29 bits per heavy atom. The molecule has 0 amide bonds. The fraction of sp³-hybridized carbons (Fsp3) is 0.789. The fourth-order valence-corrected chi connectivity index (χ4v) is 3.73. The lowest BCUT2D eigenvalue weighted by Crippen LogP contribution is -2.39. The molecule has 0 bridgehead atoms. The summed E-state index contributed by atoms with van der Waals surface area (Å²) >= 11 is 0. The van der Waals surface area contributed by atoms with Crippen LogP contribution in [-0.2, 0) is 12.0 Å². The Kier molecular flexibility index (Phi) is 5.16. The predicted molar refractivity (Wildman–Crippen MR) is 97.0 cm³/mol. The molecule has 2 aliphatic carbocycles. The van der Waals surface area contributed by atoms with Gasteiger partial charge in [-0.3, -0.25) is 4.99 Å². The van der Waals surface area contributed by atoms with E-state index in [1.54, 1.807) is 0 Å². The largest absolute Gasteiger partial charge is 0.443 e. The molecule has 2 aliphatic rings. The summed E-state index contributed by atoms with van der Waals surface area (Å²) in [5, 5.41) is 6.89. The number of aliphatic imine (C=N–C) groups is 1. The van der Waals surface area contributed by atoms with Crippen LogP contribution in [0.15, 0.2) is 15.6 Å². The molecular weight excluding hydrogens is 300 g/mol. The molecule has 24 heavy (non-hydrogen) atoms. The Balaban J connectivity index is 1.45. The van der Waals surface area contributed by atoms with Gasteiger partial charge in [-0.1, -0.05) is 52.9 Å². The molecule has 0 radical (unpaired) electrons. The van der Waals surface area contributed by atoms with E-state index in [0.717, 1.165) is 23.6 Å². The lowest BCUT2D eigenvalue weighted by Gasteiger charge is -2.22. The second kappa shape index (κ2) is 7.16. The van der Waals surface area contributed by atoms with Gasteiger partial charge in [-0.05, 0) is 18.3 Å². The monoisotopic (exact) mass is 332 g/mol. The maximum absolute atomic E-state index is 5.82. The first-order chi connectivity index (χ1) is 11.5. The first-order valence-electron chi connectivity index (χ1n) is 9.39. The number of aromatic nitrogens is 1. The van der Waals surface area contributed by atoms with E-state index in [9.17, 15) is 0 Å². The molecule has 2 N–H and O–H groups in total. The normalized spacial score (nSPS) is 25.6. The van der Waals surface area contributed by atoms with Crippen molar-refractivity contribution in [2.45, 2.75) is 77.3 Å². The molecule has 0 aliphatic heterocycles. The van der Waals surface area contributed by atoms with Crippen molar-refractivity contribution < 1.29 is 4.42 Å². The number of nitrogens with one attached hydrogen (secondary N) is 2. The van der Waals surface area contributed by atoms with E-state index < -0.39 is 0 Å². The van der Waals surface area contributed by atoms with Crippen molar-refractivity contribution in [2.24, 2.45) is 16.8 Å². The summed E-state index contributed by atoms with van der Waals surface area (Å²) in [6.45, 7) is 6.95. The first kappa shape index (κ1) is 17.3. The highest BCUT2D eigenvalue weighted by molar-refractivity contribution is 5.80. The minimum Gasteiger partial charge on any atom is -0.443 e. The number of oxazole rings is 1. The van der Waals surface area contributed by atoms with Crippen molar-refractivity contribution in [3.05, 3.63) is 17.8 Å². The molecule has 0 aromatic carbocycles. The second-order valence-electron chi connectivity index (χ2n) is 8.34.